The molecule has 2 aromatic rings. The first-order valence-electron chi connectivity index (χ1n) is 7.01. The first-order chi connectivity index (χ1) is 9.40. The van der Waals surface area contributed by atoms with Crippen LogP contribution < -0.4 is 10.2 Å². The third-order valence-electron chi connectivity index (χ3n) is 3.86. The smallest absolute Gasteiger partial charge is 0.140 e. The quantitative estimate of drug-likeness (QED) is 0.914. The molecule has 3 rings (SSSR count). The zero-order chi connectivity index (χ0) is 13.1. The van der Waals surface area contributed by atoms with Gasteiger partial charge in [0, 0.05) is 24.5 Å². The van der Waals surface area contributed by atoms with Crippen LogP contribution in [0.3, 0.4) is 0 Å². The molecule has 0 bridgehead atoms. The van der Waals surface area contributed by atoms with E-state index < -0.39 is 0 Å². The molecule has 4 nitrogen and oxygen atoms in total. The summed E-state index contributed by atoms with van der Waals surface area (Å²) in [7, 11) is 2.02. The summed E-state index contributed by atoms with van der Waals surface area (Å²) in [4.78, 5) is 11.4. The SMILES string of the molecule is CNCC1CCCCN1c1ncnc2ccccc12. The van der Waals surface area contributed by atoms with Crippen LogP contribution in [0.2, 0.25) is 0 Å². The van der Waals surface area contributed by atoms with E-state index in [0.717, 1.165) is 29.8 Å². The number of aromatic nitrogens is 2. The molecule has 1 aromatic heterocycles. The van der Waals surface area contributed by atoms with E-state index in [0.29, 0.717) is 6.04 Å². The fraction of sp³-hybridized carbons (Fsp3) is 0.467. The van der Waals surface area contributed by atoms with Gasteiger partial charge in [-0.2, -0.15) is 0 Å². The number of nitrogens with one attached hydrogen (secondary N) is 1. The fourth-order valence-corrected chi connectivity index (χ4v) is 2.95. The second kappa shape index (κ2) is 5.53. The van der Waals surface area contributed by atoms with Crippen molar-refractivity contribution in [2.75, 3.05) is 25.0 Å². The molecule has 0 spiro atoms. The highest BCUT2D eigenvalue weighted by Crippen LogP contribution is 2.28. The van der Waals surface area contributed by atoms with E-state index in [4.69, 9.17) is 0 Å². The zero-order valence-electron chi connectivity index (χ0n) is 11.3. The lowest BCUT2D eigenvalue weighted by atomic mass is 10.0. The average molecular weight is 256 g/mol. The maximum absolute atomic E-state index is 4.55. The second-order valence-corrected chi connectivity index (χ2v) is 5.12. The van der Waals surface area contributed by atoms with Crippen LogP contribution in [0.5, 0.6) is 0 Å². The number of benzene rings is 1. The van der Waals surface area contributed by atoms with Gasteiger partial charge in [-0.3, -0.25) is 0 Å². The van der Waals surface area contributed by atoms with E-state index in [1.54, 1.807) is 6.33 Å². The van der Waals surface area contributed by atoms with E-state index in [1.165, 1.54) is 19.3 Å². The fourth-order valence-electron chi connectivity index (χ4n) is 2.95. The first-order valence-corrected chi connectivity index (χ1v) is 7.01. The van der Waals surface area contributed by atoms with Gasteiger partial charge in [0.15, 0.2) is 0 Å². The molecule has 1 atom stereocenters. The molecule has 0 aliphatic carbocycles. The summed E-state index contributed by atoms with van der Waals surface area (Å²) in [5.74, 6) is 1.09. The topological polar surface area (TPSA) is 41.0 Å². The minimum absolute atomic E-state index is 0.539. The summed E-state index contributed by atoms with van der Waals surface area (Å²) < 4.78 is 0. The third kappa shape index (κ3) is 2.40. The van der Waals surface area contributed by atoms with Gasteiger partial charge in [0.1, 0.15) is 12.1 Å². The molecule has 2 heterocycles. The molecule has 4 heteroatoms. The maximum atomic E-state index is 4.55. The lowest BCUT2D eigenvalue weighted by Crippen LogP contribution is -2.45. The Balaban J connectivity index is 2.02. The van der Waals surface area contributed by atoms with Crippen LogP contribution in [0.25, 0.3) is 10.9 Å². The molecule has 0 saturated carbocycles. The van der Waals surface area contributed by atoms with Crippen molar-refractivity contribution in [1.82, 2.24) is 15.3 Å². The molecule has 0 radical (unpaired) electrons. The zero-order valence-corrected chi connectivity index (χ0v) is 11.3. The van der Waals surface area contributed by atoms with Gasteiger partial charge < -0.3 is 10.2 Å². The monoisotopic (exact) mass is 256 g/mol. The minimum Gasteiger partial charge on any atom is -0.352 e. The lowest BCUT2D eigenvalue weighted by Gasteiger charge is -2.37. The summed E-state index contributed by atoms with van der Waals surface area (Å²) >= 11 is 0. The van der Waals surface area contributed by atoms with Gasteiger partial charge in [-0.05, 0) is 38.4 Å². The summed E-state index contributed by atoms with van der Waals surface area (Å²) in [6, 6.07) is 8.80. The summed E-state index contributed by atoms with van der Waals surface area (Å²) in [5, 5.41) is 4.46. The molecule has 1 aromatic carbocycles. The highest BCUT2D eigenvalue weighted by molar-refractivity contribution is 5.89. The average Bonchev–Trinajstić information content (AvgIpc) is 2.48. The van der Waals surface area contributed by atoms with Crippen LogP contribution >= 0.6 is 0 Å². The molecule has 100 valence electrons. The van der Waals surface area contributed by atoms with Crippen molar-refractivity contribution in [1.29, 1.82) is 0 Å². The van der Waals surface area contributed by atoms with E-state index in [9.17, 15) is 0 Å². The molecule has 1 fully saturated rings. The number of likely N-dealkylation sites (N-methyl/N-ethyl adjacent to an activating group) is 1. The molecular formula is C15H20N4. The molecule has 1 aliphatic heterocycles. The van der Waals surface area contributed by atoms with E-state index >= 15 is 0 Å². The molecule has 1 unspecified atom stereocenters. The van der Waals surface area contributed by atoms with Crippen molar-refractivity contribution in [2.45, 2.75) is 25.3 Å². The van der Waals surface area contributed by atoms with Gasteiger partial charge in [0.25, 0.3) is 0 Å². The Morgan fingerprint density at radius 1 is 1.26 bits per heavy atom. The number of hydrogen-bond acceptors (Lipinski definition) is 4. The van der Waals surface area contributed by atoms with E-state index in [2.05, 4.69) is 38.4 Å². The Hall–Kier alpha value is -1.68. The number of anilines is 1. The molecule has 1 aliphatic rings. The molecule has 1 saturated heterocycles. The third-order valence-corrected chi connectivity index (χ3v) is 3.86. The Morgan fingerprint density at radius 3 is 3.05 bits per heavy atom. The highest BCUT2D eigenvalue weighted by Gasteiger charge is 2.24. The van der Waals surface area contributed by atoms with Crippen LogP contribution in [0.4, 0.5) is 5.82 Å². The first kappa shape index (κ1) is 12.4. The Morgan fingerprint density at radius 2 is 2.16 bits per heavy atom. The lowest BCUT2D eigenvalue weighted by molar-refractivity contribution is 0.444. The Labute approximate surface area is 113 Å². The van der Waals surface area contributed by atoms with E-state index in [-0.39, 0.29) is 0 Å². The summed E-state index contributed by atoms with van der Waals surface area (Å²) in [6.45, 7) is 2.10. The van der Waals surface area contributed by atoms with Gasteiger partial charge in [-0.15, -0.1) is 0 Å². The summed E-state index contributed by atoms with van der Waals surface area (Å²) in [5.41, 5.74) is 1.03. The largest absolute Gasteiger partial charge is 0.352 e. The van der Waals surface area contributed by atoms with Gasteiger partial charge in [-0.25, -0.2) is 9.97 Å². The minimum atomic E-state index is 0.539. The normalized spacial score (nSPS) is 19.8. The molecule has 19 heavy (non-hydrogen) atoms. The molecule has 1 N–H and O–H groups in total. The number of nitrogens with zero attached hydrogens (tertiary/aromatic N) is 3. The maximum Gasteiger partial charge on any atom is 0.140 e. The van der Waals surface area contributed by atoms with Gasteiger partial charge in [0.05, 0.1) is 5.52 Å². The van der Waals surface area contributed by atoms with Crippen LogP contribution in [0.15, 0.2) is 30.6 Å². The van der Waals surface area contributed by atoms with Crippen molar-refractivity contribution < 1.29 is 0 Å². The standard InChI is InChI=1S/C15H20N4/c1-16-10-12-6-4-5-9-19(12)15-13-7-2-3-8-14(13)17-11-18-15/h2-3,7-8,11-12,16H,4-6,9-10H2,1H3. The van der Waals surface area contributed by atoms with Crippen LogP contribution in [0, 0.1) is 0 Å². The highest BCUT2D eigenvalue weighted by atomic mass is 15.2. The van der Waals surface area contributed by atoms with Gasteiger partial charge in [-0.1, -0.05) is 12.1 Å². The number of para-hydroxylation sites is 1. The molecular weight excluding hydrogens is 236 g/mol. The van der Waals surface area contributed by atoms with Gasteiger partial charge >= 0.3 is 0 Å². The number of hydrogen-bond donors (Lipinski definition) is 1. The van der Waals surface area contributed by atoms with Crippen molar-refractivity contribution in [3.8, 4) is 0 Å². The Bertz CT molecular complexity index is 547. The second-order valence-electron chi connectivity index (χ2n) is 5.12. The van der Waals surface area contributed by atoms with Crippen LogP contribution in [-0.4, -0.2) is 36.1 Å². The molecule has 0 amide bonds. The van der Waals surface area contributed by atoms with Crippen molar-refractivity contribution in [3.63, 3.8) is 0 Å². The Kier molecular flexibility index (Phi) is 3.60. The summed E-state index contributed by atoms with van der Waals surface area (Å²) in [6.07, 6.45) is 5.48. The van der Waals surface area contributed by atoms with Crippen LogP contribution in [-0.2, 0) is 0 Å². The van der Waals surface area contributed by atoms with Gasteiger partial charge in [0.2, 0.25) is 0 Å². The number of rotatable bonds is 3. The van der Waals surface area contributed by atoms with Crippen molar-refractivity contribution in [3.05, 3.63) is 30.6 Å². The number of fused-ring (bicyclic) bond motifs is 1. The van der Waals surface area contributed by atoms with E-state index in [1.807, 2.05) is 13.1 Å². The predicted octanol–water partition coefficient (Wildman–Crippen LogP) is 2.21. The predicted molar refractivity (Wildman–Crippen MR) is 78.4 cm³/mol. The number of piperidine rings is 1. The van der Waals surface area contributed by atoms with Crippen molar-refractivity contribution >= 4 is 16.7 Å². The van der Waals surface area contributed by atoms with Crippen LogP contribution in [0.1, 0.15) is 19.3 Å². The van der Waals surface area contributed by atoms with Crippen molar-refractivity contribution in [2.24, 2.45) is 0 Å².